The van der Waals surface area contributed by atoms with Gasteiger partial charge in [0.05, 0.1) is 7.11 Å². The lowest BCUT2D eigenvalue weighted by molar-refractivity contribution is -0.123. The number of hydrogen-bond donors (Lipinski definition) is 2. The molecule has 0 saturated heterocycles. The van der Waals surface area contributed by atoms with Crippen molar-refractivity contribution in [1.29, 1.82) is 0 Å². The minimum Gasteiger partial charge on any atom is -0.497 e. The van der Waals surface area contributed by atoms with E-state index in [2.05, 4.69) is 16.4 Å². The summed E-state index contributed by atoms with van der Waals surface area (Å²) in [5.41, 5.74) is 3.15. The Bertz CT molecular complexity index is 1170. The number of H-pyrrole nitrogens is 1. The van der Waals surface area contributed by atoms with Crippen LogP contribution in [0.3, 0.4) is 0 Å². The summed E-state index contributed by atoms with van der Waals surface area (Å²) < 4.78 is 24.3. The first-order chi connectivity index (χ1) is 15.2. The van der Waals surface area contributed by atoms with Crippen LogP contribution in [0.2, 0.25) is 0 Å². The molecule has 1 atom stereocenters. The zero-order valence-corrected chi connectivity index (χ0v) is 17.1. The predicted octanol–water partition coefficient (Wildman–Crippen LogP) is 4.64. The zero-order valence-electron chi connectivity index (χ0n) is 17.1. The molecule has 0 fully saturated rings. The van der Waals surface area contributed by atoms with Crippen molar-refractivity contribution in [2.45, 2.75) is 5.92 Å². The van der Waals surface area contributed by atoms with Crippen LogP contribution < -0.4 is 14.8 Å². The van der Waals surface area contributed by atoms with Crippen molar-refractivity contribution in [3.05, 3.63) is 95.9 Å². The van der Waals surface area contributed by atoms with Gasteiger partial charge in [0.15, 0.2) is 18.2 Å². The third-order valence-corrected chi connectivity index (χ3v) is 5.21. The first-order valence-electron chi connectivity index (χ1n) is 9.99. The molecule has 0 radical (unpaired) electrons. The lowest BCUT2D eigenvalue weighted by Crippen LogP contribution is -2.32. The van der Waals surface area contributed by atoms with Crippen LogP contribution in [0.5, 0.6) is 11.5 Å². The van der Waals surface area contributed by atoms with E-state index < -0.39 is 5.82 Å². The fourth-order valence-electron chi connectivity index (χ4n) is 3.60. The number of nitrogens with one attached hydrogen (secondary N) is 2. The molecule has 4 rings (SSSR count). The summed E-state index contributed by atoms with van der Waals surface area (Å²) in [6, 6.07) is 21.9. The number of halogens is 1. The smallest absolute Gasteiger partial charge is 0.257 e. The maximum atomic E-state index is 13.7. The van der Waals surface area contributed by atoms with E-state index in [9.17, 15) is 9.18 Å². The van der Waals surface area contributed by atoms with E-state index >= 15 is 0 Å². The number of benzene rings is 3. The normalized spacial score (nSPS) is 11.8. The highest BCUT2D eigenvalue weighted by atomic mass is 19.1. The Hall–Kier alpha value is -3.80. The Balaban J connectivity index is 1.52. The molecule has 1 heterocycles. The van der Waals surface area contributed by atoms with Gasteiger partial charge in [-0.1, -0.05) is 42.5 Å². The first kappa shape index (κ1) is 20.5. The van der Waals surface area contributed by atoms with E-state index in [1.54, 1.807) is 19.2 Å². The standard InChI is InChI=1S/C25H23FN2O3/c1-30-18-12-10-17(11-13-18)20(21-15-27-23-8-4-2-6-19(21)23)14-28-25(29)16-31-24-9-5-3-7-22(24)26/h2-13,15,20,27H,14,16H2,1H3,(H,28,29)/t20-/m0/s1. The average molecular weight is 418 g/mol. The average Bonchev–Trinajstić information content (AvgIpc) is 3.23. The van der Waals surface area contributed by atoms with Crippen LogP contribution in [0.1, 0.15) is 17.0 Å². The second-order valence-corrected chi connectivity index (χ2v) is 7.14. The molecule has 0 saturated carbocycles. The Morgan fingerprint density at radius 2 is 1.77 bits per heavy atom. The zero-order chi connectivity index (χ0) is 21.6. The summed E-state index contributed by atoms with van der Waals surface area (Å²) in [7, 11) is 1.63. The second-order valence-electron chi connectivity index (χ2n) is 7.14. The van der Waals surface area contributed by atoms with Gasteiger partial charge in [0.25, 0.3) is 5.91 Å². The summed E-state index contributed by atoms with van der Waals surface area (Å²) in [5, 5.41) is 4.02. The predicted molar refractivity (Wildman–Crippen MR) is 118 cm³/mol. The minimum absolute atomic E-state index is 0.0565. The van der Waals surface area contributed by atoms with E-state index in [0.717, 1.165) is 27.8 Å². The number of fused-ring (bicyclic) bond motifs is 1. The number of amides is 1. The van der Waals surface area contributed by atoms with Gasteiger partial charge in [-0.2, -0.15) is 0 Å². The maximum absolute atomic E-state index is 13.7. The number of ether oxygens (including phenoxy) is 2. The SMILES string of the molecule is COc1ccc([C@H](CNC(=O)COc2ccccc2F)c2c[nH]c3ccccc23)cc1. The lowest BCUT2D eigenvalue weighted by Gasteiger charge is -2.19. The summed E-state index contributed by atoms with van der Waals surface area (Å²) >= 11 is 0. The van der Waals surface area contributed by atoms with Crippen molar-refractivity contribution in [1.82, 2.24) is 10.3 Å². The molecule has 4 aromatic rings. The Kier molecular flexibility index (Phi) is 6.17. The highest BCUT2D eigenvalue weighted by Gasteiger charge is 2.19. The van der Waals surface area contributed by atoms with Crippen molar-refractivity contribution in [3.8, 4) is 11.5 Å². The first-order valence-corrected chi connectivity index (χ1v) is 9.99. The number of carbonyl (C=O) groups is 1. The summed E-state index contributed by atoms with van der Waals surface area (Å²) in [6.07, 6.45) is 1.97. The third kappa shape index (κ3) is 4.69. The molecular weight excluding hydrogens is 395 g/mol. The molecule has 0 aliphatic heterocycles. The van der Waals surface area contributed by atoms with Crippen molar-refractivity contribution in [3.63, 3.8) is 0 Å². The molecule has 1 amide bonds. The largest absolute Gasteiger partial charge is 0.497 e. The molecule has 0 spiro atoms. The molecule has 0 unspecified atom stereocenters. The van der Waals surface area contributed by atoms with Gasteiger partial charge in [-0.15, -0.1) is 0 Å². The number of hydrogen-bond acceptors (Lipinski definition) is 3. The molecule has 0 aliphatic carbocycles. The summed E-state index contributed by atoms with van der Waals surface area (Å²) in [5.74, 6) is -0.0731. The van der Waals surface area contributed by atoms with Crippen molar-refractivity contribution in [2.75, 3.05) is 20.3 Å². The molecule has 6 heteroatoms. The van der Waals surface area contributed by atoms with Crippen molar-refractivity contribution in [2.24, 2.45) is 0 Å². The second kappa shape index (κ2) is 9.34. The summed E-state index contributed by atoms with van der Waals surface area (Å²) in [4.78, 5) is 15.7. The van der Waals surface area contributed by atoms with Gasteiger partial charge in [0.1, 0.15) is 5.75 Å². The molecule has 0 aliphatic rings. The topological polar surface area (TPSA) is 63.4 Å². The fraction of sp³-hybridized carbons (Fsp3) is 0.160. The van der Waals surface area contributed by atoms with Crippen LogP contribution in [0.15, 0.2) is 79.0 Å². The molecule has 5 nitrogen and oxygen atoms in total. The van der Waals surface area contributed by atoms with Crippen LogP contribution in [-0.4, -0.2) is 31.2 Å². The van der Waals surface area contributed by atoms with Gasteiger partial charge in [-0.05, 0) is 41.5 Å². The quantitative estimate of drug-likeness (QED) is 0.438. The Morgan fingerprint density at radius 1 is 1.03 bits per heavy atom. The number of methoxy groups -OCH3 is 1. The van der Waals surface area contributed by atoms with Crippen LogP contribution in [0, 0.1) is 5.82 Å². The molecule has 2 N–H and O–H groups in total. The van der Waals surface area contributed by atoms with Crippen LogP contribution in [0.25, 0.3) is 10.9 Å². The molecule has 31 heavy (non-hydrogen) atoms. The number of carbonyl (C=O) groups excluding carboxylic acids is 1. The van der Waals surface area contributed by atoms with Crippen LogP contribution in [0.4, 0.5) is 4.39 Å². The van der Waals surface area contributed by atoms with Gasteiger partial charge in [-0.25, -0.2) is 4.39 Å². The number of rotatable bonds is 8. The van der Waals surface area contributed by atoms with Gasteiger partial charge in [0, 0.05) is 29.6 Å². The molecule has 1 aromatic heterocycles. The Labute approximate surface area is 179 Å². The van der Waals surface area contributed by atoms with Gasteiger partial charge < -0.3 is 19.8 Å². The van der Waals surface area contributed by atoms with Crippen molar-refractivity contribution < 1.29 is 18.7 Å². The monoisotopic (exact) mass is 418 g/mol. The Morgan fingerprint density at radius 3 is 2.55 bits per heavy atom. The molecule has 158 valence electrons. The third-order valence-electron chi connectivity index (χ3n) is 5.21. The fourth-order valence-corrected chi connectivity index (χ4v) is 3.60. The van der Waals surface area contributed by atoms with Gasteiger partial charge in [-0.3, -0.25) is 4.79 Å². The number of para-hydroxylation sites is 2. The van der Waals surface area contributed by atoms with E-state index in [1.807, 2.05) is 48.7 Å². The van der Waals surface area contributed by atoms with E-state index in [4.69, 9.17) is 9.47 Å². The van der Waals surface area contributed by atoms with Gasteiger partial charge in [0.2, 0.25) is 0 Å². The van der Waals surface area contributed by atoms with Crippen LogP contribution >= 0.6 is 0 Å². The molecule has 3 aromatic carbocycles. The summed E-state index contributed by atoms with van der Waals surface area (Å²) in [6.45, 7) is 0.109. The van der Waals surface area contributed by atoms with E-state index in [1.165, 1.54) is 12.1 Å². The molecule has 0 bridgehead atoms. The van der Waals surface area contributed by atoms with E-state index in [0.29, 0.717) is 6.54 Å². The maximum Gasteiger partial charge on any atom is 0.257 e. The minimum atomic E-state index is -0.495. The van der Waals surface area contributed by atoms with E-state index in [-0.39, 0.29) is 24.2 Å². The highest BCUT2D eigenvalue weighted by Crippen LogP contribution is 2.31. The van der Waals surface area contributed by atoms with Crippen LogP contribution in [-0.2, 0) is 4.79 Å². The number of aromatic nitrogens is 1. The highest BCUT2D eigenvalue weighted by molar-refractivity contribution is 5.84. The molecular formula is C25H23FN2O3. The lowest BCUT2D eigenvalue weighted by atomic mass is 9.91. The number of aromatic amines is 1. The van der Waals surface area contributed by atoms with Crippen molar-refractivity contribution >= 4 is 16.8 Å². The van der Waals surface area contributed by atoms with Gasteiger partial charge >= 0.3 is 0 Å².